The molecule has 0 unspecified atom stereocenters. The Labute approximate surface area is 186 Å². The Morgan fingerprint density at radius 3 is 2.44 bits per heavy atom. The SMILES string of the molecule is Cc1ccc(S(=O)(=O)NC(=O)c2cc(C=NNc3ccc4ccccc4c3)n(C)c2)cc1. The predicted octanol–water partition coefficient (Wildman–Crippen LogP) is 4.05. The van der Waals surface area contributed by atoms with Gasteiger partial charge in [-0.05, 0) is 48.0 Å². The predicted molar refractivity (Wildman–Crippen MR) is 126 cm³/mol. The number of rotatable bonds is 6. The number of amides is 1. The first-order valence-electron chi connectivity index (χ1n) is 9.90. The summed E-state index contributed by atoms with van der Waals surface area (Å²) in [5.41, 5.74) is 5.59. The molecule has 8 heteroatoms. The minimum Gasteiger partial charge on any atom is -0.349 e. The summed E-state index contributed by atoms with van der Waals surface area (Å²) < 4.78 is 28.7. The van der Waals surface area contributed by atoms with Crippen LogP contribution in [0, 0.1) is 6.92 Å². The van der Waals surface area contributed by atoms with Crippen molar-refractivity contribution in [3.05, 3.63) is 95.8 Å². The lowest BCUT2D eigenvalue weighted by molar-refractivity contribution is 0.0981. The number of hydrogen-bond donors (Lipinski definition) is 2. The molecule has 0 atom stereocenters. The first-order valence-corrected chi connectivity index (χ1v) is 11.4. The van der Waals surface area contributed by atoms with Crippen LogP contribution in [0.4, 0.5) is 5.69 Å². The fraction of sp³-hybridized carbons (Fsp3) is 0.0833. The topological polar surface area (TPSA) is 92.6 Å². The van der Waals surface area contributed by atoms with E-state index in [2.05, 4.69) is 15.2 Å². The molecular weight excluding hydrogens is 424 g/mol. The van der Waals surface area contributed by atoms with Crippen LogP contribution in [0.25, 0.3) is 10.8 Å². The Morgan fingerprint density at radius 1 is 0.969 bits per heavy atom. The van der Waals surface area contributed by atoms with E-state index >= 15 is 0 Å². The zero-order valence-electron chi connectivity index (χ0n) is 17.6. The van der Waals surface area contributed by atoms with E-state index in [4.69, 9.17) is 0 Å². The zero-order chi connectivity index (χ0) is 22.7. The van der Waals surface area contributed by atoms with E-state index in [1.54, 1.807) is 42.2 Å². The monoisotopic (exact) mass is 446 g/mol. The number of nitrogens with one attached hydrogen (secondary N) is 2. The first-order chi connectivity index (χ1) is 15.3. The number of hydrogen-bond acceptors (Lipinski definition) is 5. The summed E-state index contributed by atoms with van der Waals surface area (Å²) in [5, 5.41) is 6.47. The van der Waals surface area contributed by atoms with Crippen LogP contribution in [0.3, 0.4) is 0 Å². The molecule has 0 bridgehead atoms. The number of anilines is 1. The second-order valence-electron chi connectivity index (χ2n) is 7.44. The summed E-state index contributed by atoms with van der Waals surface area (Å²) in [6.45, 7) is 1.86. The van der Waals surface area contributed by atoms with Crippen molar-refractivity contribution in [2.45, 2.75) is 11.8 Å². The van der Waals surface area contributed by atoms with Gasteiger partial charge in [0, 0.05) is 13.2 Å². The Kier molecular flexibility index (Phi) is 5.79. The van der Waals surface area contributed by atoms with Crippen molar-refractivity contribution in [1.29, 1.82) is 0 Å². The fourth-order valence-electron chi connectivity index (χ4n) is 3.22. The number of aryl methyl sites for hydroxylation is 2. The average Bonchev–Trinajstić information content (AvgIpc) is 3.14. The van der Waals surface area contributed by atoms with Crippen LogP contribution in [-0.4, -0.2) is 25.1 Å². The lowest BCUT2D eigenvalue weighted by Crippen LogP contribution is -2.30. The lowest BCUT2D eigenvalue weighted by Gasteiger charge is -2.06. The fourth-order valence-corrected chi connectivity index (χ4v) is 4.20. The van der Waals surface area contributed by atoms with Crippen LogP contribution in [0.2, 0.25) is 0 Å². The van der Waals surface area contributed by atoms with Crippen LogP contribution in [0.15, 0.2) is 89.0 Å². The molecule has 1 amide bonds. The van der Waals surface area contributed by atoms with Crippen LogP contribution in [0.5, 0.6) is 0 Å². The standard InChI is InChI=1S/C24H22N4O3S/c1-17-7-11-23(12-8-17)32(30,31)27-24(29)20-14-22(28(2)16-20)15-25-26-21-10-9-18-5-3-4-6-19(18)13-21/h3-16,26H,1-2H3,(H,27,29). The van der Waals surface area contributed by atoms with Crippen molar-refractivity contribution in [3.8, 4) is 0 Å². The van der Waals surface area contributed by atoms with Crippen LogP contribution >= 0.6 is 0 Å². The third-order valence-electron chi connectivity index (χ3n) is 5.00. The molecule has 0 fully saturated rings. The van der Waals surface area contributed by atoms with E-state index in [-0.39, 0.29) is 10.5 Å². The molecule has 1 aromatic heterocycles. The van der Waals surface area contributed by atoms with E-state index < -0.39 is 15.9 Å². The molecular formula is C24H22N4O3S. The Balaban J connectivity index is 1.45. The Bertz CT molecular complexity index is 1420. The molecule has 0 aliphatic carbocycles. The molecule has 7 nitrogen and oxygen atoms in total. The minimum atomic E-state index is -3.95. The maximum atomic E-state index is 12.5. The third-order valence-corrected chi connectivity index (χ3v) is 6.35. The molecule has 3 aromatic carbocycles. The van der Waals surface area contributed by atoms with E-state index in [1.165, 1.54) is 12.1 Å². The second kappa shape index (κ2) is 8.68. The Morgan fingerprint density at radius 2 is 1.69 bits per heavy atom. The molecule has 162 valence electrons. The van der Waals surface area contributed by atoms with Gasteiger partial charge in [0.1, 0.15) is 0 Å². The van der Waals surface area contributed by atoms with Crippen molar-refractivity contribution in [2.24, 2.45) is 12.1 Å². The molecule has 0 spiro atoms. The highest BCUT2D eigenvalue weighted by molar-refractivity contribution is 7.90. The van der Waals surface area contributed by atoms with Gasteiger partial charge in [-0.1, -0.05) is 48.0 Å². The average molecular weight is 447 g/mol. The number of hydrazone groups is 1. The van der Waals surface area contributed by atoms with Gasteiger partial charge in [0.05, 0.1) is 28.1 Å². The normalized spacial score (nSPS) is 11.7. The summed E-state index contributed by atoms with van der Waals surface area (Å²) in [7, 11) is -2.20. The minimum absolute atomic E-state index is 0.0359. The van der Waals surface area contributed by atoms with Crippen molar-refractivity contribution in [2.75, 3.05) is 5.43 Å². The van der Waals surface area contributed by atoms with Gasteiger partial charge in [0.25, 0.3) is 15.9 Å². The molecule has 4 rings (SSSR count). The zero-order valence-corrected chi connectivity index (χ0v) is 18.4. The number of nitrogens with zero attached hydrogens (tertiary/aromatic N) is 2. The highest BCUT2D eigenvalue weighted by atomic mass is 32.2. The molecule has 0 aliphatic rings. The van der Waals surface area contributed by atoms with Crippen LogP contribution < -0.4 is 10.1 Å². The number of sulfonamides is 1. The van der Waals surface area contributed by atoms with Crippen LogP contribution in [-0.2, 0) is 17.1 Å². The van der Waals surface area contributed by atoms with Crippen molar-refractivity contribution in [1.82, 2.24) is 9.29 Å². The van der Waals surface area contributed by atoms with Crippen LogP contribution in [0.1, 0.15) is 21.6 Å². The lowest BCUT2D eigenvalue weighted by atomic mass is 10.1. The molecule has 0 saturated heterocycles. The smallest absolute Gasteiger partial charge is 0.266 e. The van der Waals surface area contributed by atoms with Gasteiger partial charge in [-0.2, -0.15) is 5.10 Å². The van der Waals surface area contributed by atoms with Gasteiger partial charge >= 0.3 is 0 Å². The summed E-state index contributed by atoms with van der Waals surface area (Å²) in [6, 6.07) is 21.8. The number of aromatic nitrogens is 1. The molecule has 0 radical (unpaired) electrons. The molecule has 2 N–H and O–H groups in total. The maximum Gasteiger partial charge on any atom is 0.266 e. The number of carbonyl (C=O) groups excluding carboxylic acids is 1. The van der Waals surface area contributed by atoms with Crippen molar-refractivity contribution >= 4 is 38.6 Å². The summed E-state index contributed by atoms with van der Waals surface area (Å²) >= 11 is 0. The highest BCUT2D eigenvalue weighted by Gasteiger charge is 2.19. The van der Waals surface area contributed by atoms with Crippen molar-refractivity contribution < 1.29 is 13.2 Å². The largest absolute Gasteiger partial charge is 0.349 e. The molecule has 0 saturated carbocycles. The van der Waals surface area contributed by atoms with Gasteiger partial charge in [-0.15, -0.1) is 0 Å². The van der Waals surface area contributed by atoms with Crippen molar-refractivity contribution in [3.63, 3.8) is 0 Å². The van der Waals surface area contributed by atoms with E-state index in [1.807, 2.05) is 49.4 Å². The summed E-state index contributed by atoms with van der Waals surface area (Å²) in [5.74, 6) is -0.705. The van der Waals surface area contributed by atoms with Gasteiger partial charge in [-0.3, -0.25) is 10.2 Å². The summed E-state index contributed by atoms with van der Waals surface area (Å²) in [6.07, 6.45) is 3.12. The highest BCUT2D eigenvalue weighted by Crippen LogP contribution is 2.19. The first kappa shape index (κ1) is 21.3. The van der Waals surface area contributed by atoms with Gasteiger partial charge in [0.2, 0.25) is 0 Å². The van der Waals surface area contributed by atoms with Gasteiger partial charge in [0.15, 0.2) is 0 Å². The molecule has 0 aliphatic heterocycles. The van der Waals surface area contributed by atoms with E-state index in [9.17, 15) is 13.2 Å². The quantitative estimate of drug-likeness (QED) is 0.345. The van der Waals surface area contributed by atoms with E-state index in [0.29, 0.717) is 5.69 Å². The van der Waals surface area contributed by atoms with Gasteiger partial charge < -0.3 is 4.57 Å². The Hall–Kier alpha value is -3.91. The van der Waals surface area contributed by atoms with E-state index in [0.717, 1.165) is 22.0 Å². The number of carbonyl (C=O) groups is 1. The molecule has 1 heterocycles. The number of fused-ring (bicyclic) bond motifs is 1. The third kappa shape index (κ3) is 4.70. The summed E-state index contributed by atoms with van der Waals surface area (Å²) in [4.78, 5) is 12.6. The molecule has 32 heavy (non-hydrogen) atoms. The maximum absolute atomic E-state index is 12.5. The van der Waals surface area contributed by atoms with Gasteiger partial charge in [-0.25, -0.2) is 13.1 Å². The number of benzene rings is 3. The molecule has 4 aromatic rings. The second-order valence-corrected chi connectivity index (χ2v) is 9.13.